The number of nitrogens with zero attached hydrogens (tertiary/aromatic N) is 2. The first-order chi connectivity index (χ1) is 10.8. The van der Waals surface area contributed by atoms with Crippen LogP contribution in [0.25, 0.3) is 0 Å². The van der Waals surface area contributed by atoms with Crippen molar-refractivity contribution in [2.75, 3.05) is 12.4 Å². The molecular weight excluding hydrogens is 365 g/mol. The molecule has 1 aromatic heterocycles. The SMILES string of the molecule is COC(=O)C1=CNc2n[se]nc2C1C1C(=O)CC(C)(C)CC1=O. The van der Waals surface area contributed by atoms with Crippen LogP contribution in [-0.2, 0) is 19.1 Å². The van der Waals surface area contributed by atoms with Crippen LogP contribution in [0.1, 0.15) is 38.3 Å². The van der Waals surface area contributed by atoms with Crippen molar-refractivity contribution < 1.29 is 19.1 Å². The Balaban J connectivity index is 2.05. The number of fused-ring (bicyclic) bond motifs is 1. The Bertz CT molecular complexity index is 702. The first-order valence-electron chi connectivity index (χ1n) is 7.27. The van der Waals surface area contributed by atoms with E-state index >= 15 is 0 Å². The Labute approximate surface area is 139 Å². The number of ketones is 2. The monoisotopic (exact) mass is 383 g/mol. The number of anilines is 1. The zero-order valence-corrected chi connectivity index (χ0v) is 14.8. The van der Waals surface area contributed by atoms with E-state index in [0.29, 0.717) is 24.4 Å². The summed E-state index contributed by atoms with van der Waals surface area (Å²) in [6.07, 6.45) is 2.11. The van der Waals surface area contributed by atoms with Crippen molar-refractivity contribution in [1.82, 2.24) is 7.96 Å². The molecule has 0 spiro atoms. The zero-order valence-electron chi connectivity index (χ0n) is 13.1. The van der Waals surface area contributed by atoms with E-state index in [1.54, 1.807) is 0 Å². The molecule has 2 heterocycles. The minimum absolute atomic E-state index is 0.144. The van der Waals surface area contributed by atoms with Gasteiger partial charge in [0.25, 0.3) is 0 Å². The predicted molar refractivity (Wildman–Crippen MR) is 82.0 cm³/mol. The standard InChI is InChI=1S/C15H17N3O4Se/c1-15(2)4-8(19)11(9(20)5-15)10-7(14(21)22-3)6-16-13-12(10)17-23-18-13/h6,10-11H,4-5H2,1-3H3,(H,16,18). The Morgan fingerprint density at radius 3 is 2.52 bits per heavy atom. The van der Waals surface area contributed by atoms with Gasteiger partial charge in [0.2, 0.25) is 0 Å². The summed E-state index contributed by atoms with van der Waals surface area (Å²) in [7, 11) is 1.28. The fourth-order valence-corrected chi connectivity index (χ4v) is 4.47. The van der Waals surface area contributed by atoms with E-state index in [2.05, 4.69) is 13.3 Å². The van der Waals surface area contributed by atoms with E-state index in [1.807, 2.05) is 13.8 Å². The summed E-state index contributed by atoms with van der Waals surface area (Å²) in [5.74, 6) is -1.87. The van der Waals surface area contributed by atoms with Crippen molar-refractivity contribution in [3.8, 4) is 0 Å². The molecule has 1 aliphatic carbocycles. The van der Waals surface area contributed by atoms with E-state index in [9.17, 15) is 14.4 Å². The Kier molecular flexibility index (Phi) is 3.98. The molecule has 1 atom stereocenters. The molecule has 1 saturated carbocycles. The van der Waals surface area contributed by atoms with Crippen LogP contribution in [0, 0.1) is 11.3 Å². The van der Waals surface area contributed by atoms with Gasteiger partial charge in [0.05, 0.1) is 0 Å². The van der Waals surface area contributed by atoms with Crippen LogP contribution in [0.15, 0.2) is 11.8 Å². The third-order valence-corrected chi connectivity index (χ3v) is 5.40. The van der Waals surface area contributed by atoms with Crippen molar-refractivity contribution in [2.24, 2.45) is 11.3 Å². The first kappa shape index (κ1) is 16.1. The number of carbonyl (C=O) groups is 3. The van der Waals surface area contributed by atoms with E-state index in [4.69, 9.17) is 4.74 Å². The molecule has 0 saturated heterocycles. The summed E-state index contributed by atoms with van der Waals surface area (Å²) in [5, 5.41) is 2.91. The molecule has 122 valence electrons. The first-order valence-corrected chi connectivity index (χ1v) is 8.80. The number of hydrogen-bond donors (Lipinski definition) is 1. The van der Waals surface area contributed by atoms with E-state index in [-0.39, 0.29) is 37.5 Å². The van der Waals surface area contributed by atoms with Crippen molar-refractivity contribution in [3.05, 3.63) is 17.5 Å². The number of nitrogens with one attached hydrogen (secondary N) is 1. The fraction of sp³-hybridized carbons (Fsp3) is 0.533. The molecular formula is C15H17N3O4Se. The molecule has 7 nitrogen and oxygen atoms in total. The van der Waals surface area contributed by atoms with Crippen LogP contribution >= 0.6 is 0 Å². The molecule has 0 bridgehead atoms. The fourth-order valence-electron chi connectivity index (χ4n) is 3.30. The zero-order chi connectivity index (χ0) is 16.8. The molecule has 0 amide bonds. The van der Waals surface area contributed by atoms with Gasteiger partial charge in [-0.25, -0.2) is 0 Å². The number of rotatable bonds is 2. The van der Waals surface area contributed by atoms with Gasteiger partial charge in [-0.05, 0) is 0 Å². The summed E-state index contributed by atoms with van der Waals surface area (Å²) in [5.41, 5.74) is 0.444. The van der Waals surface area contributed by atoms with E-state index in [1.165, 1.54) is 13.3 Å². The molecule has 1 unspecified atom stereocenters. The normalized spacial score (nSPS) is 23.8. The van der Waals surface area contributed by atoms with Gasteiger partial charge in [-0.1, -0.05) is 0 Å². The molecule has 0 radical (unpaired) electrons. The van der Waals surface area contributed by atoms with Gasteiger partial charge in [-0.3, -0.25) is 0 Å². The third kappa shape index (κ3) is 2.77. The number of hydrogen-bond acceptors (Lipinski definition) is 7. The van der Waals surface area contributed by atoms with Crippen molar-refractivity contribution in [1.29, 1.82) is 0 Å². The van der Waals surface area contributed by atoms with Gasteiger partial charge < -0.3 is 0 Å². The second kappa shape index (κ2) is 5.69. The van der Waals surface area contributed by atoms with Gasteiger partial charge in [-0.2, -0.15) is 0 Å². The number of esters is 1. The van der Waals surface area contributed by atoms with Crippen LogP contribution in [0.2, 0.25) is 0 Å². The van der Waals surface area contributed by atoms with Crippen LogP contribution in [0.4, 0.5) is 5.82 Å². The topological polar surface area (TPSA) is 98.2 Å². The van der Waals surface area contributed by atoms with Gasteiger partial charge in [-0.15, -0.1) is 0 Å². The van der Waals surface area contributed by atoms with Gasteiger partial charge in [0.15, 0.2) is 0 Å². The van der Waals surface area contributed by atoms with Crippen LogP contribution in [0.5, 0.6) is 0 Å². The molecule has 8 heteroatoms. The second-order valence-corrected chi connectivity index (χ2v) is 7.75. The van der Waals surface area contributed by atoms with Crippen molar-refractivity contribution in [2.45, 2.75) is 32.6 Å². The summed E-state index contributed by atoms with van der Waals surface area (Å²) in [6, 6.07) is 0. The average molecular weight is 382 g/mol. The van der Waals surface area contributed by atoms with Gasteiger partial charge in [0, 0.05) is 0 Å². The quantitative estimate of drug-likeness (QED) is 0.456. The number of carbonyl (C=O) groups excluding carboxylic acids is 3. The minimum atomic E-state index is -0.881. The maximum atomic E-state index is 12.7. The summed E-state index contributed by atoms with van der Waals surface area (Å²) < 4.78 is 13.4. The number of aromatic nitrogens is 2. The summed E-state index contributed by atoms with van der Waals surface area (Å²) >= 11 is -0.324. The molecule has 1 fully saturated rings. The molecule has 3 rings (SSSR count). The summed E-state index contributed by atoms with van der Waals surface area (Å²) in [6.45, 7) is 3.81. The Morgan fingerprint density at radius 2 is 1.91 bits per heavy atom. The van der Waals surface area contributed by atoms with Gasteiger partial charge in [0.1, 0.15) is 0 Å². The Hall–Kier alpha value is -1.79. The second-order valence-electron chi connectivity index (χ2n) is 6.64. The number of ether oxygens (including phenoxy) is 1. The number of Topliss-reactive ketones (excluding diaryl/α,β-unsaturated/α-hetero) is 2. The van der Waals surface area contributed by atoms with Crippen molar-refractivity contribution >= 4 is 38.3 Å². The molecule has 1 N–H and O–H groups in total. The van der Waals surface area contributed by atoms with Crippen molar-refractivity contribution in [3.63, 3.8) is 0 Å². The molecule has 23 heavy (non-hydrogen) atoms. The molecule has 1 aliphatic heterocycles. The molecule has 0 aromatic carbocycles. The van der Waals surface area contributed by atoms with E-state index < -0.39 is 17.8 Å². The Morgan fingerprint density at radius 1 is 1.26 bits per heavy atom. The number of methoxy groups -OCH3 is 1. The van der Waals surface area contributed by atoms with E-state index in [0.717, 1.165) is 0 Å². The predicted octanol–water partition coefficient (Wildman–Crippen LogP) is 0.674. The maximum absolute atomic E-state index is 12.7. The third-order valence-electron chi connectivity index (χ3n) is 4.26. The summed E-state index contributed by atoms with van der Waals surface area (Å²) in [4.78, 5) is 37.4. The van der Waals surface area contributed by atoms with Gasteiger partial charge >= 0.3 is 139 Å². The molecule has 2 aliphatic rings. The molecule has 1 aromatic rings. The van der Waals surface area contributed by atoms with Crippen LogP contribution in [-0.4, -0.2) is 47.6 Å². The van der Waals surface area contributed by atoms with Crippen LogP contribution < -0.4 is 5.32 Å². The average Bonchev–Trinajstić information content (AvgIpc) is 2.93. The van der Waals surface area contributed by atoms with Crippen LogP contribution in [0.3, 0.4) is 0 Å².